The van der Waals surface area contributed by atoms with Gasteiger partial charge in [0.1, 0.15) is 15.2 Å². The topological polar surface area (TPSA) is 93.5 Å². The molecule has 4 aromatic rings. The van der Waals surface area contributed by atoms with Gasteiger partial charge in [-0.2, -0.15) is 5.10 Å². The molecule has 1 aliphatic heterocycles. The van der Waals surface area contributed by atoms with Crippen LogP contribution in [0.1, 0.15) is 29.2 Å². The Kier molecular flexibility index (Phi) is 5.61. The number of amides is 2. The average Bonchev–Trinajstić information content (AvgIpc) is 3.38. The number of esters is 1. The van der Waals surface area contributed by atoms with Crippen molar-refractivity contribution in [3.05, 3.63) is 70.2 Å². The maximum atomic E-state index is 13.2. The molecule has 2 aromatic heterocycles. The number of fused-ring (bicyclic) bond motifs is 2. The van der Waals surface area contributed by atoms with Gasteiger partial charge in [0.15, 0.2) is 6.61 Å². The van der Waals surface area contributed by atoms with Crippen LogP contribution in [0.3, 0.4) is 0 Å². The molecule has 10 heteroatoms. The molecule has 1 N–H and O–H groups in total. The molecular weight excluding hydrogens is 488 g/mol. The molecule has 178 valence electrons. The Bertz CT molecular complexity index is 1510. The van der Waals surface area contributed by atoms with Crippen LogP contribution in [0.25, 0.3) is 15.9 Å². The molecule has 8 nitrogen and oxygen atoms in total. The second-order valence-corrected chi connectivity index (χ2v) is 10.1. The summed E-state index contributed by atoms with van der Waals surface area (Å²) >= 11 is 7.35. The van der Waals surface area contributed by atoms with Crippen molar-refractivity contribution in [3.8, 4) is 5.69 Å². The molecule has 0 aliphatic carbocycles. The first-order valence-corrected chi connectivity index (χ1v) is 12.0. The van der Waals surface area contributed by atoms with Crippen molar-refractivity contribution in [1.29, 1.82) is 0 Å². The maximum Gasteiger partial charge on any atom is 0.348 e. The van der Waals surface area contributed by atoms with Crippen LogP contribution in [0.15, 0.2) is 54.6 Å². The zero-order chi connectivity index (χ0) is 24.9. The summed E-state index contributed by atoms with van der Waals surface area (Å²) in [6.07, 6.45) is 0. The van der Waals surface area contributed by atoms with Crippen molar-refractivity contribution >= 4 is 62.3 Å². The van der Waals surface area contributed by atoms with Crippen molar-refractivity contribution in [2.24, 2.45) is 0 Å². The van der Waals surface area contributed by atoms with E-state index in [2.05, 4.69) is 10.4 Å². The summed E-state index contributed by atoms with van der Waals surface area (Å²) in [5, 5.41) is 8.76. The van der Waals surface area contributed by atoms with Gasteiger partial charge in [0.25, 0.3) is 5.91 Å². The van der Waals surface area contributed by atoms with Crippen LogP contribution in [-0.4, -0.2) is 39.7 Å². The lowest BCUT2D eigenvalue weighted by Crippen LogP contribution is -2.59. The van der Waals surface area contributed by atoms with Crippen LogP contribution in [0.2, 0.25) is 5.02 Å². The van der Waals surface area contributed by atoms with Crippen molar-refractivity contribution in [3.63, 3.8) is 0 Å². The lowest BCUT2D eigenvalue weighted by Gasteiger charge is -2.41. The van der Waals surface area contributed by atoms with Gasteiger partial charge >= 0.3 is 5.97 Å². The van der Waals surface area contributed by atoms with Crippen LogP contribution < -0.4 is 10.2 Å². The van der Waals surface area contributed by atoms with Gasteiger partial charge < -0.3 is 10.1 Å². The normalized spacial score (nSPS) is 14.5. The Morgan fingerprint density at radius 2 is 1.91 bits per heavy atom. The fraction of sp³-hybridized carbons (Fsp3) is 0.200. The third-order valence-corrected chi connectivity index (χ3v) is 7.21. The van der Waals surface area contributed by atoms with Crippen molar-refractivity contribution in [1.82, 2.24) is 9.78 Å². The van der Waals surface area contributed by atoms with Gasteiger partial charge in [0, 0.05) is 10.4 Å². The second kappa shape index (κ2) is 8.51. The first kappa shape index (κ1) is 23.1. The highest BCUT2D eigenvalue weighted by Gasteiger charge is 2.43. The van der Waals surface area contributed by atoms with Crippen LogP contribution in [-0.2, 0) is 14.3 Å². The highest BCUT2D eigenvalue weighted by Crippen LogP contribution is 2.37. The fourth-order valence-corrected chi connectivity index (χ4v) is 5.35. The first-order chi connectivity index (χ1) is 16.7. The Morgan fingerprint density at radius 3 is 2.69 bits per heavy atom. The number of aromatic nitrogens is 2. The Balaban J connectivity index is 1.38. The molecule has 1 aliphatic rings. The number of rotatable bonds is 4. The Hall–Kier alpha value is -3.69. The van der Waals surface area contributed by atoms with Gasteiger partial charge in [-0.15, -0.1) is 11.3 Å². The quantitative estimate of drug-likeness (QED) is 0.393. The molecule has 0 saturated heterocycles. The Morgan fingerprint density at radius 1 is 1.14 bits per heavy atom. The molecule has 0 saturated carbocycles. The number of anilines is 2. The average molecular weight is 509 g/mol. The monoisotopic (exact) mass is 508 g/mol. The minimum atomic E-state index is -1.15. The van der Waals surface area contributed by atoms with Crippen molar-refractivity contribution in [2.45, 2.75) is 26.3 Å². The summed E-state index contributed by atoms with van der Waals surface area (Å²) < 4.78 is 7.12. The number of benzene rings is 2. The molecule has 2 aromatic carbocycles. The number of hydrogen-bond acceptors (Lipinski definition) is 6. The zero-order valence-electron chi connectivity index (χ0n) is 19.2. The van der Waals surface area contributed by atoms with Crippen LogP contribution in [0.5, 0.6) is 0 Å². The summed E-state index contributed by atoms with van der Waals surface area (Å²) in [4.78, 5) is 41.1. The largest absolute Gasteiger partial charge is 0.451 e. The highest BCUT2D eigenvalue weighted by atomic mass is 35.5. The molecule has 35 heavy (non-hydrogen) atoms. The number of halogens is 1. The molecule has 0 unspecified atom stereocenters. The zero-order valence-corrected chi connectivity index (χ0v) is 20.7. The molecule has 0 atom stereocenters. The summed E-state index contributed by atoms with van der Waals surface area (Å²) in [7, 11) is 0. The number of nitrogens with one attached hydrogen (secondary N) is 1. The number of ether oxygens (including phenoxy) is 1. The first-order valence-electron chi connectivity index (χ1n) is 10.8. The smallest absolute Gasteiger partial charge is 0.348 e. The standard InChI is InChI=1S/C25H21ClN4O4S/c1-14-17-12-20(35-22(17)30(28-14)16-8-6-7-15(26)11-16)23(32)34-13-21(31)29-19-10-5-4-9-18(19)27-24(33)25(29,2)3/h4-12H,13H2,1-3H3,(H,27,33). The third-order valence-electron chi connectivity index (χ3n) is 5.88. The molecule has 0 bridgehead atoms. The molecule has 3 heterocycles. The van der Waals surface area contributed by atoms with E-state index in [0.717, 1.165) is 21.6 Å². The predicted molar refractivity (Wildman–Crippen MR) is 136 cm³/mol. The van der Waals surface area contributed by atoms with Crippen molar-refractivity contribution in [2.75, 3.05) is 16.8 Å². The lowest BCUT2D eigenvalue weighted by molar-refractivity contribution is -0.128. The van der Waals surface area contributed by atoms with E-state index in [9.17, 15) is 14.4 Å². The van der Waals surface area contributed by atoms with E-state index >= 15 is 0 Å². The molecular formula is C25H21ClN4O4S. The SMILES string of the molecule is Cc1nn(-c2cccc(Cl)c2)c2sc(C(=O)OCC(=O)N3c4ccccc4NC(=O)C3(C)C)cc12. The number of aryl methyl sites for hydroxylation is 1. The van der Waals surface area contributed by atoms with Crippen LogP contribution in [0.4, 0.5) is 11.4 Å². The molecule has 0 spiro atoms. The predicted octanol–water partition coefficient (Wildman–Crippen LogP) is 4.97. The van der Waals surface area contributed by atoms with E-state index in [-0.39, 0.29) is 5.91 Å². The van der Waals surface area contributed by atoms with Crippen LogP contribution >= 0.6 is 22.9 Å². The van der Waals surface area contributed by atoms with Crippen molar-refractivity contribution < 1.29 is 19.1 Å². The van der Waals surface area contributed by atoms with Crippen LogP contribution in [0, 0.1) is 6.92 Å². The maximum absolute atomic E-state index is 13.2. The summed E-state index contributed by atoms with van der Waals surface area (Å²) in [5.41, 5.74) is 1.47. The number of hydrogen-bond donors (Lipinski definition) is 1. The van der Waals surface area contributed by atoms with E-state index < -0.39 is 24.0 Å². The number of carbonyl (C=O) groups is 3. The van der Waals surface area contributed by atoms with E-state index in [1.54, 1.807) is 61.0 Å². The number of nitrogens with zero attached hydrogens (tertiary/aromatic N) is 3. The lowest BCUT2D eigenvalue weighted by atomic mass is 9.96. The fourth-order valence-electron chi connectivity index (χ4n) is 4.09. The van der Waals surface area contributed by atoms with E-state index in [0.29, 0.717) is 21.3 Å². The Labute approximate surface area is 210 Å². The van der Waals surface area contributed by atoms with Gasteiger partial charge in [-0.05, 0) is 57.2 Å². The van der Waals surface area contributed by atoms with Gasteiger partial charge in [-0.25, -0.2) is 9.48 Å². The van der Waals surface area contributed by atoms with Gasteiger partial charge in [-0.1, -0.05) is 29.8 Å². The van der Waals surface area contributed by atoms with Gasteiger partial charge in [0.2, 0.25) is 5.91 Å². The molecule has 0 fully saturated rings. The molecule has 0 radical (unpaired) electrons. The number of para-hydroxylation sites is 2. The summed E-state index contributed by atoms with van der Waals surface area (Å²) in [5.74, 6) is -1.43. The summed E-state index contributed by atoms with van der Waals surface area (Å²) in [6.45, 7) is 4.65. The number of thiophene rings is 1. The van der Waals surface area contributed by atoms with Gasteiger partial charge in [0.05, 0.1) is 22.8 Å². The summed E-state index contributed by atoms with van der Waals surface area (Å²) in [6, 6.07) is 16.0. The minimum absolute atomic E-state index is 0.318. The van der Waals surface area contributed by atoms with E-state index in [1.165, 1.54) is 16.2 Å². The minimum Gasteiger partial charge on any atom is -0.451 e. The second-order valence-electron chi connectivity index (χ2n) is 8.64. The van der Waals surface area contributed by atoms with Gasteiger partial charge in [-0.3, -0.25) is 14.5 Å². The third kappa shape index (κ3) is 3.96. The molecule has 5 rings (SSSR count). The highest BCUT2D eigenvalue weighted by molar-refractivity contribution is 7.20. The number of carbonyl (C=O) groups excluding carboxylic acids is 3. The molecule has 2 amide bonds. The van der Waals surface area contributed by atoms with E-state index in [4.69, 9.17) is 16.3 Å². The van der Waals surface area contributed by atoms with E-state index in [1.807, 2.05) is 19.1 Å².